The van der Waals surface area contributed by atoms with E-state index in [2.05, 4.69) is 0 Å². The second-order valence-corrected chi connectivity index (χ2v) is 4.54. The van der Waals surface area contributed by atoms with Crippen molar-refractivity contribution in [3.63, 3.8) is 0 Å². The van der Waals surface area contributed by atoms with E-state index in [0.717, 1.165) is 25.9 Å². The summed E-state index contributed by atoms with van der Waals surface area (Å²) in [6.45, 7) is 9.62. The van der Waals surface area contributed by atoms with Crippen LogP contribution < -0.4 is 0 Å². The van der Waals surface area contributed by atoms with Gasteiger partial charge in [0, 0.05) is 24.4 Å². The van der Waals surface area contributed by atoms with Gasteiger partial charge in [-0.05, 0) is 19.8 Å². The highest BCUT2D eigenvalue weighted by molar-refractivity contribution is 6.17. The molecule has 2 nitrogen and oxygen atoms in total. The first-order chi connectivity index (χ1) is 6.49. The largest absolute Gasteiger partial charge is 0.342 e. The Morgan fingerprint density at radius 3 is 2.29 bits per heavy atom. The molecule has 0 aliphatic heterocycles. The molecule has 3 heteroatoms. The molecule has 0 unspecified atom stereocenters. The molecule has 0 rings (SSSR count). The average molecular weight is 220 g/mol. The molecule has 0 aromatic heterocycles. The van der Waals surface area contributed by atoms with Gasteiger partial charge in [0.05, 0.1) is 0 Å². The molecule has 84 valence electrons. The van der Waals surface area contributed by atoms with Crippen LogP contribution >= 0.6 is 11.6 Å². The zero-order valence-electron chi connectivity index (χ0n) is 9.77. The van der Waals surface area contributed by atoms with E-state index < -0.39 is 0 Å². The van der Waals surface area contributed by atoms with Gasteiger partial charge in [-0.25, -0.2) is 0 Å². The van der Waals surface area contributed by atoms with Crippen LogP contribution in [0.3, 0.4) is 0 Å². The fourth-order valence-electron chi connectivity index (χ4n) is 1.23. The lowest BCUT2D eigenvalue weighted by Crippen LogP contribution is -2.41. The molecule has 0 aliphatic rings. The second-order valence-electron chi connectivity index (χ2n) is 4.16. The second kappa shape index (κ2) is 6.28. The Bertz CT molecular complexity index is 180. The smallest absolute Gasteiger partial charge is 0.228 e. The van der Waals surface area contributed by atoms with Gasteiger partial charge < -0.3 is 4.90 Å². The lowest BCUT2D eigenvalue weighted by Gasteiger charge is -2.30. The summed E-state index contributed by atoms with van der Waals surface area (Å²) in [5, 5.41) is 0. The third kappa shape index (κ3) is 3.87. The number of nitrogens with zero attached hydrogens (tertiary/aromatic N) is 1. The van der Waals surface area contributed by atoms with Crippen molar-refractivity contribution in [3.8, 4) is 0 Å². The predicted molar refractivity (Wildman–Crippen MR) is 61.7 cm³/mol. The van der Waals surface area contributed by atoms with Crippen LogP contribution in [0.2, 0.25) is 0 Å². The van der Waals surface area contributed by atoms with E-state index in [1.807, 2.05) is 32.6 Å². The van der Waals surface area contributed by atoms with Crippen LogP contribution in [0.15, 0.2) is 0 Å². The average Bonchev–Trinajstić information content (AvgIpc) is 2.18. The quantitative estimate of drug-likeness (QED) is 0.630. The van der Waals surface area contributed by atoms with Gasteiger partial charge in [0.1, 0.15) is 0 Å². The van der Waals surface area contributed by atoms with E-state index in [-0.39, 0.29) is 11.3 Å². The molecule has 0 spiro atoms. The van der Waals surface area contributed by atoms with E-state index >= 15 is 0 Å². The van der Waals surface area contributed by atoms with Gasteiger partial charge >= 0.3 is 0 Å². The summed E-state index contributed by atoms with van der Waals surface area (Å²) in [6, 6.07) is 0. The normalized spacial score (nSPS) is 11.5. The van der Waals surface area contributed by atoms with Gasteiger partial charge in [-0.2, -0.15) is 0 Å². The van der Waals surface area contributed by atoms with Gasteiger partial charge in [0.25, 0.3) is 0 Å². The summed E-state index contributed by atoms with van der Waals surface area (Å²) >= 11 is 5.62. The number of carbonyl (C=O) groups excluding carboxylic acids is 1. The number of hydrogen-bond acceptors (Lipinski definition) is 1. The summed E-state index contributed by atoms with van der Waals surface area (Å²) in [6.07, 6.45) is 1.75. The van der Waals surface area contributed by atoms with Crippen molar-refractivity contribution in [2.45, 2.75) is 40.5 Å². The highest BCUT2D eigenvalue weighted by atomic mass is 35.5. The summed E-state index contributed by atoms with van der Waals surface area (Å²) < 4.78 is 0. The van der Waals surface area contributed by atoms with Crippen molar-refractivity contribution in [2.24, 2.45) is 5.41 Å². The molecule has 0 bridgehead atoms. The topological polar surface area (TPSA) is 20.3 Å². The first kappa shape index (κ1) is 13.8. The van der Waals surface area contributed by atoms with Gasteiger partial charge in [0.2, 0.25) is 5.91 Å². The summed E-state index contributed by atoms with van der Waals surface area (Å²) in [7, 11) is 0. The number of halogens is 1. The highest BCUT2D eigenvalue weighted by Crippen LogP contribution is 2.22. The van der Waals surface area contributed by atoms with Crippen LogP contribution in [0.4, 0.5) is 0 Å². The molecule has 0 aliphatic carbocycles. The van der Waals surface area contributed by atoms with Crippen LogP contribution in [0, 0.1) is 5.41 Å². The van der Waals surface area contributed by atoms with Crippen LogP contribution in [0.1, 0.15) is 40.5 Å². The molecule has 0 saturated heterocycles. The highest BCUT2D eigenvalue weighted by Gasteiger charge is 2.28. The lowest BCUT2D eigenvalue weighted by atomic mass is 9.88. The van der Waals surface area contributed by atoms with Gasteiger partial charge in [-0.3, -0.25) is 4.79 Å². The van der Waals surface area contributed by atoms with Crippen molar-refractivity contribution >= 4 is 17.5 Å². The summed E-state index contributed by atoms with van der Waals surface area (Å²) in [5.41, 5.74) is -0.234. The third-order valence-corrected chi connectivity index (χ3v) is 2.96. The molecule has 0 aromatic rings. The predicted octanol–water partition coefficient (Wildman–Crippen LogP) is 2.90. The van der Waals surface area contributed by atoms with E-state index in [1.165, 1.54) is 0 Å². The standard InChI is InChI=1S/C11H22ClNO/c1-5-11(3,4)10(14)13(6-2)9-7-8-12/h5-9H2,1-4H3. The molecule has 0 heterocycles. The van der Waals surface area contributed by atoms with Crippen molar-refractivity contribution in [1.29, 1.82) is 0 Å². The fourth-order valence-corrected chi connectivity index (χ4v) is 1.35. The monoisotopic (exact) mass is 219 g/mol. The Morgan fingerprint density at radius 2 is 1.93 bits per heavy atom. The molecule has 0 atom stereocenters. The first-order valence-electron chi connectivity index (χ1n) is 5.35. The molecule has 0 saturated carbocycles. The molecule has 0 aromatic carbocycles. The lowest BCUT2D eigenvalue weighted by molar-refractivity contribution is -0.140. The third-order valence-electron chi connectivity index (χ3n) is 2.69. The van der Waals surface area contributed by atoms with E-state index in [4.69, 9.17) is 11.6 Å². The van der Waals surface area contributed by atoms with Crippen molar-refractivity contribution in [1.82, 2.24) is 4.90 Å². The van der Waals surface area contributed by atoms with E-state index in [0.29, 0.717) is 5.88 Å². The molecular formula is C11H22ClNO. The maximum atomic E-state index is 12.0. The fraction of sp³-hybridized carbons (Fsp3) is 0.909. The van der Waals surface area contributed by atoms with E-state index in [1.54, 1.807) is 0 Å². The van der Waals surface area contributed by atoms with Crippen LogP contribution in [-0.2, 0) is 4.79 Å². The van der Waals surface area contributed by atoms with E-state index in [9.17, 15) is 4.79 Å². The Morgan fingerprint density at radius 1 is 1.36 bits per heavy atom. The van der Waals surface area contributed by atoms with Crippen LogP contribution in [-0.4, -0.2) is 29.8 Å². The maximum Gasteiger partial charge on any atom is 0.228 e. The number of hydrogen-bond donors (Lipinski definition) is 0. The maximum absolute atomic E-state index is 12.0. The van der Waals surface area contributed by atoms with Gasteiger partial charge in [0.15, 0.2) is 0 Å². The Labute approximate surface area is 92.6 Å². The minimum absolute atomic E-state index is 0.234. The number of carbonyl (C=O) groups is 1. The summed E-state index contributed by atoms with van der Waals surface area (Å²) in [5.74, 6) is 0.865. The van der Waals surface area contributed by atoms with Crippen molar-refractivity contribution in [3.05, 3.63) is 0 Å². The molecule has 0 fully saturated rings. The Hall–Kier alpha value is -0.240. The first-order valence-corrected chi connectivity index (χ1v) is 5.88. The SMILES string of the molecule is CCN(CCCCl)C(=O)C(C)(C)CC. The number of amides is 1. The Kier molecular flexibility index (Phi) is 6.17. The number of alkyl halides is 1. The number of rotatable bonds is 6. The molecular weight excluding hydrogens is 198 g/mol. The van der Waals surface area contributed by atoms with Crippen molar-refractivity contribution < 1.29 is 4.79 Å². The summed E-state index contributed by atoms with van der Waals surface area (Å²) in [4.78, 5) is 13.9. The van der Waals surface area contributed by atoms with Crippen LogP contribution in [0.5, 0.6) is 0 Å². The van der Waals surface area contributed by atoms with Crippen molar-refractivity contribution in [2.75, 3.05) is 19.0 Å². The van der Waals surface area contributed by atoms with Crippen LogP contribution in [0.25, 0.3) is 0 Å². The molecule has 0 N–H and O–H groups in total. The van der Waals surface area contributed by atoms with Gasteiger partial charge in [-0.15, -0.1) is 11.6 Å². The zero-order valence-corrected chi connectivity index (χ0v) is 10.5. The minimum Gasteiger partial charge on any atom is -0.342 e. The molecule has 0 radical (unpaired) electrons. The molecule has 1 amide bonds. The minimum atomic E-state index is -0.234. The van der Waals surface area contributed by atoms with Gasteiger partial charge in [-0.1, -0.05) is 20.8 Å². The molecule has 14 heavy (non-hydrogen) atoms. The Balaban J connectivity index is 4.30. The zero-order chi connectivity index (χ0) is 11.2.